The largest absolute Gasteiger partial charge is 0.281 e. The first-order valence-electron chi connectivity index (χ1n) is 7.55. The molecule has 104 valence electrons. The number of aromatic amines is 1. The quantitative estimate of drug-likeness (QED) is 0.470. The maximum absolute atomic E-state index is 4.63. The smallest absolute Gasteiger partial charge is 0.101 e. The Balaban J connectivity index is 1.83. The van der Waals surface area contributed by atoms with Gasteiger partial charge >= 0.3 is 0 Å². The van der Waals surface area contributed by atoms with Crippen molar-refractivity contribution in [1.29, 1.82) is 0 Å². The van der Waals surface area contributed by atoms with Gasteiger partial charge < -0.3 is 0 Å². The van der Waals surface area contributed by atoms with E-state index in [1.165, 1.54) is 38.7 Å². The second kappa shape index (κ2) is 4.31. The normalized spacial score (nSPS) is 12.4. The molecule has 0 unspecified atom stereocenters. The molecule has 4 aromatic rings. The van der Waals surface area contributed by atoms with Crippen LogP contribution in [0.5, 0.6) is 0 Å². The number of fused-ring (bicyclic) bond motifs is 4. The summed E-state index contributed by atoms with van der Waals surface area (Å²) in [5.74, 6) is 0. The van der Waals surface area contributed by atoms with Gasteiger partial charge in [0.2, 0.25) is 0 Å². The Bertz CT molecular complexity index is 1010. The van der Waals surface area contributed by atoms with Crippen molar-refractivity contribution >= 4 is 10.8 Å². The highest BCUT2D eigenvalue weighted by Gasteiger charge is 2.25. The molecule has 1 aliphatic carbocycles. The molecule has 2 nitrogen and oxygen atoms in total. The number of benzene rings is 3. The Morgan fingerprint density at radius 2 is 1.55 bits per heavy atom. The van der Waals surface area contributed by atoms with E-state index in [0.717, 1.165) is 12.1 Å². The lowest BCUT2D eigenvalue weighted by molar-refractivity contribution is 1.01. The summed E-state index contributed by atoms with van der Waals surface area (Å²) in [6.45, 7) is 0. The van der Waals surface area contributed by atoms with Crippen LogP contribution in [0.4, 0.5) is 0 Å². The number of nitrogens with zero attached hydrogens (tertiary/aromatic N) is 1. The van der Waals surface area contributed by atoms with E-state index in [0.29, 0.717) is 0 Å². The topological polar surface area (TPSA) is 28.7 Å². The Morgan fingerprint density at radius 1 is 0.773 bits per heavy atom. The first-order chi connectivity index (χ1) is 10.9. The molecular formula is C20H14N2. The molecule has 1 heterocycles. The number of H-pyrrole nitrogens is 1. The summed E-state index contributed by atoms with van der Waals surface area (Å²) in [5, 5.41) is 10.4. The molecule has 1 aliphatic rings. The molecule has 0 spiro atoms. The molecule has 0 atom stereocenters. The molecule has 1 N–H and O–H groups in total. The first-order valence-corrected chi connectivity index (χ1v) is 7.55. The van der Waals surface area contributed by atoms with Crippen LogP contribution in [0.15, 0.2) is 66.7 Å². The fourth-order valence-corrected chi connectivity index (χ4v) is 3.53. The predicted octanol–water partition coefficient (Wildman–Crippen LogP) is 4.80. The van der Waals surface area contributed by atoms with Gasteiger partial charge in [0.05, 0.1) is 0 Å². The zero-order valence-electron chi connectivity index (χ0n) is 12.0. The zero-order chi connectivity index (χ0) is 14.5. The molecule has 3 aromatic carbocycles. The van der Waals surface area contributed by atoms with Crippen molar-refractivity contribution < 1.29 is 0 Å². The second-order valence-electron chi connectivity index (χ2n) is 5.79. The van der Waals surface area contributed by atoms with Crippen LogP contribution in [0.25, 0.3) is 33.2 Å². The minimum atomic E-state index is 0.948. The third-order valence-corrected chi connectivity index (χ3v) is 4.54. The zero-order valence-corrected chi connectivity index (χ0v) is 12.0. The van der Waals surface area contributed by atoms with Gasteiger partial charge in [0.1, 0.15) is 5.69 Å². The third-order valence-electron chi connectivity index (χ3n) is 4.54. The predicted molar refractivity (Wildman–Crippen MR) is 89.8 cm³/mol. The van der Waals surface area contributed by atoms with Gasteiger partial charge in [0.25, 0.3) is 0 Å². The SMILES string of the molecule is c1ccc2c(c1)Cc1[nH]nc(-c3cccc4ccccc34)c1-2. The summed E-state index contributed by atoms with van der Waals surface area (Å²) in [6, 6.07) is 23.5. The van der Waals surface area contributed by atoms with Gasteiger partial charge in [-0.05, 0) is 21.9 Å². The van der Waals surface area contributed by atoms with Gasteiger partial charge in [-0.25, -0.2) is 0 Å². The molecule has 0 bridgehead atoms. The van der Waals surface area contributed by atoms with Crippen LogP contribution in [0.3, 0.4) is 0 Å². The summed E-state index contributed by atoms with van der Waals surface area (Å²) in [7, 11) is 0. The molecule has 1 aromatic heterocycles. The minimum Gasteiger partial charge on any atom is -0.281 e. The Kier molecular flexibility index (Phi) is 2.30. The van der Waals surface area contributed by atoms with E-state index in [1.807, 2.05) is 0 Å². The van der Waals surface area contributed by atoms with Crippen molar-refractivity contribution in [3.63, 3.8) is 0 Å². The fraction of sp³-hybridized carbons (Fsp3) is 0.0500. The summed E-state index contributed by atoms with van der Waals surface area (Å²) in [5.41, 5.74) is 7.46. The Morgan fingerprint density at radius 3 is 2.55 bits per heavy atom. The average Bonchev–Trinajstić information content (AvgIpc) is 3.13. The van der Waals surface area contributed by atoms with E-state index in [1.54, 1.807) is 0 Å². The molecule has 0 saturated heterocycles. The second-order valence-corrected chi connectivity index (χ2v) is 5.79. The van der Waals surface area contributed by atoms with Gasteiger partial charge in [0.15, 0.2) is 0 Å². The van der Waals surface area contributed by atoms with Crippen molar-refractivity contribution in [2.24, 2.45) is 0 Å². The van der Waals surface area contributed by atoms with Gasteiger partial charge in [-0.3, -0.25) is 5.10 Å². The highest BCUT2D eigenvalue weighted by Crippen LogP contribution is 2.42. The average molecular weight is 282 g/mol. The maximum Gasteiger partial charge on any atom is 0.101 e. The first kappa shape index (κ1) is 11.8. The van der Waals surface area contributed by atoms with E-state index in [2.05, 4.69) is 76.9 Å². The molecule has 5 rings (SSSR count). The van der Waals surface area contributed by atoms with Crippen LogP contribution in [0.1, 0.15) is 11.3 Å². The summed E-state index contributed by atoms with van der Waals surface area (Å²) < 4.78 is 0. The van der Waals surface area contributed by atoms with E-state index < -0.39 is 0 Å². The fourth-order valence-electron chi connectivity index (χ4n) is 3.53. The molecule has 2 heteroatoms. The minimum absolute atomic E-state index is 0.948. The number of aromatic nitrogens is 2. The van der Waals surface area contributed by atoms with E-state index in [-0.39, 0.29) is 0 Å². The van der Waals surface area contributed by atoms with Crippen LogP contribution >= 0.6 is 0 Å². The lowest BCUT2D eigenvalue weighted by Gasteiger charge is -2.07. The van der Waals surface area contributed by atoms with E-state index in [9.17, 15) is 0 Å². The van der Waals surface area contributed by atoms with Crippen LogP contribution in [0.2, 0.25) is 0 Å². The van der Waals surface area contributed by atoms with E-state index in [4.69, 9.17) is 0 Å². The number of hydrogen-bond acceptors (Lipinski definition) is 1. The monoisotopic (exact) mass is 282 g/mol. The lowest BCUT2D eigenvalue weighted by atomic mass is 9.97. The molecular weight excluding hydrogens is 268 g/mol. The highest BCUT2D eigenvalue weighted by molar-refractivity contribution is 6.00. The van der Waals surface area contributed by atoms with Crippen molar-refractivity contribution in [3.05, 3.63) is 78.0 Å². The van der Waals surface area contributed by atoms with Crippen molar-refractivity contribution in [2.45, 2.75) is 6.42 Å². The van der Waals surface area contributed by atoms with Gasteiger partial charge in [-0.2, -0.15) is 5.10 Å². The van der Waals surface area contributed by atoms with Crippen LogP contribution in [0, 0.1) is 0 Å². The molecule has 0 amide bonds. The van der Waals surface area contributed by atoms with Crippen molar-refractivity contribution in [3.8, 4) is 22.4 Å². The molecule has 0 fully saturated rings. The Labute approximate surface area is 128 Å². The molecule has 0 saturated carbocycles. The van der Waals surface area contributed by atoms with Crippen LogP contribution in [-0.2, 0) is 6.42 Å². The van der Waals surface area contributed by atoms with Gasteiger partial charge in [0, 0.05) is 23.2 Å². The summed E-state index contributed by atoms with van der Waals surface area (Å²) >= 11 is 0. The molecule has 22 heavy (non-hydrogen) atoms. The summed E-state index contributed by atoms with van der Waals surface area (Å²) in [4.78, 5) is 0. The standard InChI is InChI=1S/C20H14N2/c1-3-9-15-13(6-1)8-5-11-17(15)20-19-16-10-4-2-7-14(16)12-18(19)21-22-20/h1-11H,12H2,(H,21,22). The Hall–Kier alpha value is -2.87. The third kappa shape index (κ3) is 1.52. The maximum atomic E-state index is 4.63. The van der Waals surface area contributed by atoms with Gasteiger partial charge in [-0.15, -0.1) is 0 Å². The molecule has 0 radical (unpaired) electrons. The van der Waals surface area contributed by atoms with E-state index >= 15 is 0 Å². The molecule has 0 aliphatic heterocycles. The van der Waals surface area contributed by atoms with Crippen molar-refractivity contribution in [1.82, 2.24) is 10.2 Å². The van der Waals surface area contributed by atoms with Gasteiger partial charge in [-0.1, -0.05) is 66.7 Å². The van der Waals surface area contributed by atoms with Crippen molar-refractivity contribution in [2.75, 3.05) is 0 Å². The highest BCUT2D eigenvalue weighted by atomic mass is 15.1. The lowest BCUT2D eigenvalue weighted by Crippen LogP contribution is -1.86. The van der Waals surface area contributed by atoms with Crippen LogP contribution in [-0.4, -0.2) is 10.2 Å². The van der Waals surface area contributed by atoms with Crippen LogP contribution < -0.4 is 0 Å². The summed E-state index contributed by atoms with van der Waals surface area (Å²) in [6.07, 6.45) is 0.948. The number of rotatable bonds is 1. The number of nitrogens with one attached hydrogen (secondary N) is 1. The number of hydrogen-bond donors (Lipinski definition) is 1.